The standard InChI is InChI=1S/C15H24N2O3/c1-16(12-7-3-4-8-12)14(18)11-17-10-6-5-9-13(17)15(19)20-2/h7,13H,3-6,8-11H2,1-2H3/t13-/m1/s1. The van der Waals surface area contributed by atoms with Gasteiger partial charge in [-0.05, 0) is 38.6 Å². The monoisotopic (exact) mass is 280 g/mol. The second-order valence-electron chi connectivity index (χ2n) is 5.55. The summed E-state index contributed by atoms with van der Waals surface area (Å²) in [6, 6.07) is -0.261. The molecule has 5 heteroatoms. The molecule has 0 aromatic carbocycles. The van der Waals surface area contributed by atoms with Crippen LogP contribution in [-0.2, 0) is 14.3 Å². The molecule has 1 atom stereocenters. The Morgan fingerprint density at radius 2 is 2.20 bits per heavy atom. The summed E-state index contributed by atoms with van der Waals surface area (Å²) in [7, 11) is 3.24. The Balaban J connectivity index is 1.95. The predicted molar refractivity (Wildman–Crippen MR) is 75.9 cm³/mol. The predicted octanol–water partition coefficient (Wildman–Crippen LogP) is 1.54. The molecule has 2 rings (SSSR count). The van der Waals surface area contributed by atoms with Crippen LogP contribution in [0.25, 0.3) is 0 Å². The van der Waals surface area contributed by atoms with E-state index in [2.05, 4.69) is 6.08 Å². The van der Waals surface area contributed by atoms with E-state index in [4.69, 9.17) is 4.74 Å². The van der Waals surface area contributed by atoms with Gasteiger partial charge in [0.25, 0.3) is 0 Å². The first-order valence-electron chi connectivity index (χ1n) is 7.41. The molecular formula is C15H24N2O3. The lowest BCUT2D eigenvalue weighted by atomic mass is 10.0. The van der Waals surface area contributed by atoms with Crippen molar-refractivity contribution in [3.05, 3.63) is 11.8 Å². The number of likely N-dealkylation sites (tertiary alicyclic amines) is 1. The maximum Gasteiger partial charge on any atom is 0.323 e. The van der Waals surface area contributed by atoms with Gasteiger partial charge in [0, 0.05) is 12.7 Å². The van der Waals surface area contributed by atoms with Crippen LogP contribution in [0.3, 0.4) is 0 Å². The number of nitrogens with zero attached hydrogens (tertiary/aromatic N) is 2. The number of esters is 1. The molecule has 1 aliphatic carbocycles. The fraction of sp³-hybridized carbons (Fsp3) is 0.733. The maximum absolute atomic E-state index is 12.3. The van der Waals surface area contributed by atoms with E-state index in [1.54, 1.807) is 4.90 Å². The molecule has 0 aromatic rings. The van der Waals surface area contributed by atoms with Crippen LogP contribution in [0.4, 0.5) is 0 Å². The Hall–Kier alpha value is -1.36. The molecule has 1 heterocycles. The van der Waals surface area contributed by atoms with Gasteiger partial charge in [0.1, 0.15) is 6.04 Å². The number of carbonyl (C=O) groups is 2. The highest BCUT2D eigenvalue weighted by Gasteiger charge is 2.31. The van der Waals surface area contributed by atoms with Crippen LogP contribution in [0.5, 0.6) is 0 Å². The Bertz CT molecular complexity index is 406. The van der Waals surface area contributed by atoms with E-state index < -0.39 is 0 Å². The third-order valence-corrected chi connectivity index (χ3v) is 4.25. The van der Waals surface area contributed by atoms with Crippen molar-refractivity contribution in [2.75, 3.05) is 27.2 Å². The number of rotatable bonds is 4. The minimum atomic E-state index is -0.261. The van der Waals surface area contributed by atoms with Gasteiger partial charge < -0.3 is 9.64 Å². The highest BCUT2D eigenvalue weighted by molar-refractivity contribution is 5.81. The smallest absolute Gasteiger partial charge is 0.323 e. The van der Waals surface area contributed by atoms with E-state index in [0.29, 0.717) is 6.54 Å². The van der Waals surface area contributed by atoms with Crippen molar-refractivity contribution in [2.24, 2.45) is 0 Å². The molecule has 1 fully saturated rings. The van der Waals surface area contributed by atoms with Gasteiger partial charge in [-0.1, -0.05) is 12.5 Å². The lowest BCUT2D eigenvalue weighted by Gasteiger charge is -2.34. The zero-order valence-corrected chi connectivity index (χ0v) is 12.4. The van der Waals surface area contributed by atoms with Crippen molar-refractivity contribution < 1.29 is 14.3 Å². The van der Waals surface area contributed by atoms with Crippen LogP contribution in [0.2, 0.25) is 0 Å². The van der Waals surface area contributed by atoms with Crippen LogP contribution in [0, 0.1) is 0 Å². The second kappa shape index (κ2) is 6.88. The molecule has 1 aliphatic heterocycles. The van der Waals surface area contributed by atoms with E-state index in [0.717, 1.165) is 50.8 Å². The van der Waals surface area contributed by atoms with Crippen LogP contribution in [0.1, 0.15) is 38.5 Å². The van der Waals surface area contributed by atoms with Gasteiger partial charge in [0.2, 0.25) is 5.91 Å². The summed E-state index contributed by atoms with van der Waals surface area (Å²) in [6.07, 6.45) is 8.13. The summed E-state index contributed by atoms with van der Waals surface area (Å²) in [4.78, 5) is 27.8. The van der Waals surface area contributed by atoms with Gasteiger partial charge in [-0.25, -0.2) is 0 Å². The lowest BCUT2D eigenvalue weighted by molar-refractivity contribution is -0.149. The fourth-order valence-corrected chi connectivity index (χ4v) is 2.98. The number of allylic oxidation sites excluding steroid dienone is 2. The SMILES string of the molecule is COC(=O)[C@H]1CCCCN1CC(=O)N(C)C1=CCCC1. The first-order chi connectivity index (χ1) is 9.63. The van der Waals surface area contributed by atoms with Crippen molar-refractivity contribution in [3.63, 3.8) is 0 Å². The van der Waals surface area contributed by atoms with Crippen molar-refractivity contribution >= 4 is 11.9 Å². The Morgan fingerprint density at radius 1 is 1.40 bits per heavy atom. The molecule has 0 bridgehead atoms. The van der Waals surface area contributed by atoms with E-state index >= 15 is 0 Å². The number of methoxy groups -OCH3 is 1. The molecule has 20 heavy (non-hydrogen) atoms. The minimum Gasteiger partial charge on any atom is -0.468 e. The molecule has 2 aliphatic rings. The summed E-state index contributed by atoms with van der Waals surface area (Å²) in [6.45, 7) is 1.09. The van der Waals surface area contributed by atoms with Gasteiger partial charge in [-0.3, -0.25) is 14.5 Å². The minimum absolute atomic E-state index is 0.0638. The Morgan fingerprint density at radius 3 is 2.85 bits per heavy atom. The number of likely N-dealkylation sites (N-methyl/N-ethyl adjacent to an activating group) is 1. The van der Waals surface area contributed by atoms with Crippen LogP contribution >= 0.6 is 0 Å². The average Bonchev–Trinajstić information content (AvgIpc) is 3.00. The van der Waals surface area contributed by atoms with Crippen molar-refractivity contribution in [2.45, 2.75) is 44.6 Å². The average molecular weight is 280 g/mol. The fourth-order valence-electron chi connectivity index (χ4n) is 2.98. The third-order valence-electron chi connectivity index (χ3n) is 4.25. The number of ether oxygens (including phenoxy) is 1. The molecule has 0 aromatic heterocycles. The molecule has 112 valence electrons. The number of carbonyl (C=O) groups excluding carboxylic acids is 2. The molecule has 1 amide bonds. The molecule has 1 saturated heterocycles. The summed E-state index contributed by atoms with van der Waals surface area (Å²) >= 11 is 0. The first kappa shape index (κ1) is 15.0. The molecule has 0 spiro atoms. The number of hydrogen-bond acceptors (Lipinski definition) is 4. The second-order valence-corrected chi connectivity index (χ2v) is 5.55. The zero-order valence-electron chi connectivity index (χ0n) is 12.4. The number of amides is 1. The quantitative estimate of drug-likeness (QED) is 0.733. The molecule has 0 radical (unpaired) electrons. The normalized spacial score (nSPS) is 23.3. The summed E-state index contributed by atoms with van der Waals surface area (Å²) in [5.41, 5.74) is 1.11. The Labute approximate surface area is 120 Å². The van der Waals surface area contributed by atoms with Crippen LogP contribution in [-0.4, -0.2) is 55.0 Å². The van der Waals surface area contributed by atoms with Crippen molar-refractivity contribution in [1.82, 2.24) is 9.80 Å². The number of piperidine rings is 1. The number of hydrogen-bond donors (Lipinski definition) is 0. The molecule has 0 N–H and O–H groups in total. The van der Waals surface area contributed by atoms with E-state index in [-0.39, 0.29) is 17.9 Å². The van der Waals surface area contributed by atoms with Gasteiger partial charge in [-0.15, -0.1) is 0 Å². The van der Waals surface area contributed by atoms with Crippen LogP contribution in [0.15, 0.2) is 11.8 Å². The van der Waals surface area contributed by atoms with Crippen molar-refractivity contribution in [3.8, 4) is 0 Å². The van der Waals surface area contributed by atoms with E-state index in [9.17, 15) is 9.59 Å². The van der Waals surface area contributed by atoms with Crippen molar-refractivity contribution in [1.29, 1.82) is 0 Å². The molecular weight excluding hydrogens is 256 g/mol. The zero-order chi connectivity index (χ0) is 14.5. The van der Waals surface area contributed by atoms with Gasteiger partial charge in [-0.2, -0.15) is 0 Å². The van der Waals surface area contributed by atoms with Crippen LogP contribution < -0.4 is 0 Å². The molecule has 0 saturated carbocycles. The lowest BCUT2D eigenvalue weighted by Crippen LogP contribution is -2.49. The highest BCUT2D eigenvalue weighted by Crippen LogP contribution is 2.22. The largest absolute Gasteiger partial charge is 0.468 e. The summed E-state index contributed by atoms with van der Waals surface area (Å²) in [5.74, 6) is -0.158. The third kappa shape index (κ3) is 3.39. The highest BCUT2D eigenvalue weighted by atomic mass is 16.5. The first-order valence-corrected chi connectivity index (χ1v) is 7.41. The molecule has 5 nitrogen and oxygen atoms in total. The topological polar surface area (TPSA) is 49.9 Å². The van der Waals surface area contributed by atoms with Gasteiger partial charge in [0.15, 0.2) is 0 Å². The van der Waals surface area contributed by atoms with E-state index in [1.165, 1.54) is 7.11 Å². The molecule has 0 unspecified atom stereocenters. The van der Waals surface area contributed by atoms with Gasteiger partial charge in [0.05, 0.1) is 13.7 Å². The van der Waals surface area contributed by atoms with Gasteiger partial charge >= 0.3 is 5.97 Å². The summed E-state index contributed by atoms with van der Waals surface area (Å²) in [5, 5.41) is 0. The Kier molecular flexibility index (Phi) is 5.17. The van der Waals surface area contributed by atoms with E-state index in [1.807, 2.05) is 11.9 Å². The maximum atomic E-state index is 12.3. The summed E-state index contributed by atoms with van der Waals surface area (Å²) < 4.78 is 4.84.